The average molecular weight is 337 g/mol. The zero-order chi connectivity index (χ0) is 17.5. The molecule has 0 aromatic carbocycles. The van der Waals surface area contributed by atoms with E-state index >= 15 is 0 Å². The second kappa shape index (κ2) is 14.5. The summed E-state index contributed by atoms with van der Waals surface area (Å²) in [6.07, 6.45) is 22.4. The van der Waals surface area contributed by atoms with Crippen molar-refractivity contribution in [3.05, 3.63) is 12.2 Å². The highest BCUT2D eigenvalue weighted by Gasteiger charge is 2.19. The molecule has 0 saturated heterocycles. The van der Waals surface area contributed by atoms with Gasteiger partial charge in [-0.3, -0.25) is 4.99 Å². The van der Waals surface area contributed by atoms with Crippen molar-refractivity contribution < 1.29 is 5.11 Å². The minimum Gasteiger partial charge on any atom is -0.391 e. The van der Waals surface area contributed by atoms with Gasteiger partial charge in [-0.1, -0.05) is 83.3 Å². The molecule has 1 aliphatic rings. The van der Waals surface area contributed by atoms with Crippen LogP contribution in [0.25, 0.3) is 0 Å². The number of allylic oxidation sites excluding steroid dienone is 1. The number of hydrogen-bond donors (Lipinski definition) is 1. The van der Waals surface area contributed by atoms with E-state index < -0.39 is 0 Å². The van der Waals surface area contributed by atoms with E-state index in [0.29, 0.717) is 0 Å². The maximum atomic E-state index is 9.91. The fraction of sp³-hybridized carbons (Fsp3) is 0.857. The van der Waals surface area contributed by atoms with Gasteiger partial charge >= 0.3 is 0 Å². The zero-order valence-corrected chi connectivity index (χ0v) is 16.1. The summed E-state index contributed by atoms with van der Waals surface area (Å²) in [7, 11) is 0. The minimum atomic E-state index is -0.344. The van der Waals surface area contributed by atoms with E-state index in [1.807, 2.05) is 13.3 Å². The molecule has 1 aliphatic heterocycles. The summed E-state index contributed by atoms with van der Waals surface area (Å²) in [5.74, 6) is 0. The molecule has 24 heavy (non-hydrogen) atoms. The van der Waals surface area contributed by atoms with E-state index in [1.54, 1.807) is 0 Å². The van der Waals surface area contributed by atoms with Crippen LogP contribution in [0.15, 0.2) is 17.1 Å². The Morgan fingerprint density at radius 1 is 1.00 bits per heavy atom. The van der Waals surface area contributed by atoms with Gasteiger partial charge in [0.2, 0.25) is 0 Å². The maximum Gasteiger partial charge on any atom is 0.0857 e. The second-order valence-electron chi connectivity index (χ2n) is 7.24. The average Bonchev–Trinajstić information content (AvgIpc) is 3.09. The molecule has 2 atom stereocenters. The molecular weight excluding hydrogens is 296 g/mol. The monoisotopic (exact) mass is 336 g/mol. The topological polar surface area (TPSA) is 35.8 Å². The van der Waals surface area contributed by atoms with Crippen molar-refractivity contribution in [3.63, 3.8) is 0 Å². The van der Waals surface area contributed by atoms with Gasteiger partial charge < -0.3 is 10.0 Å². The van der Waals surface area contributed by atoms with Gasteiger partial charge in [0.15, 0.2) is 0 Å². The minimum absolute atomic E-state index is 0.0870. The standard InChI is InChI=1S/C21H40N2O/c1-3-4-5-6-7-8-9-10-11-12-13-14-15-16-21(20(2)24)23-18-17-22-19-23/h15-16,19-21,24H,3-14,17-18H2,1-2H3. The quantitative estimate of drug-likeness (QED) is 0.324. The Balaban J connectivity index is 1.94. The molecular formula is C21H40N2O. The molecule has 0 amide bonds. The van der Waals surface area contributed by atoms with Crippen molar-refractivity contribution >= 4 is 6.34 Å². The smallest absolute Gasteiger partial charge is 0.0857 e. The molecule has 0 aliphatic carbocycles. The van der Waals surface area contributed by atoms with Crippen molar-refractivity contribution in [2.24, 2.45) is 4.99 Å². The molecule has 1 rings (SSSR count). The third kappa shape index (κ3) is 10.1. The third-order valence-corrected chi connectivity index (χ3v) is 4.90. The SMILES string of the molecule is CCCCCCCCCCCCCC=CC(C(C)O)N1C=NCC1. The van der Waals surface area contributed by atoms with Crippen LogP contribution in [0.1, 0.15) is 90.9 Å². The summed E-state index contributed by atoms with van der Waals surface area (Å²) in [6, 6.07) is 0.0870. The van der Waals surface area contributed by atoms with Crippen LogP contribution in [-0.4, -0.2) is 41.6 Å². The van der Waals surface area contributed by atoms with Gasteiger partial charge in [0, 0.05) is 6.54 Å². The number of unbranched alkanes of at least 4 members (excludes halogenated alkanes) is 11. The molecule has 140 valence electrons. The summed E-state index contributed by atoms with van der Waals surface area (Å²) in [6.45, 7) is 5.93. The van der Waals surface area contributed by atoms with E-state index in [0.717, 1.165) is 19.5 Å². The molecule has 0 saturated carbocycles. The fourth-order valence-electron chi connectivity index (χ4n) is 3.33. The summed E-state index contributed by atoms with van der Waals surface area (Å²) >= 11 is 0. The lowest BCUT2D eigenvalue weighted by Gasteiger charge is -2.26. The molecule has 2 unspecified atom stereocenters. The number of aliphatic hydroxyl groups is 1. The Kier molecular flexibility index (Phi) is 12.8. The van der Waals surface area contributed by atoms with E-state index in [4.69, 9.17) is 0 Å². The van der Waals surface area contributed by atoms with Gasteiger partial charge in [-0.25, -0.2) is 0 Å². The lowest BCUT2D eigenvalue weighted by Crippen LogP contribution is -2.39. The molecule has 0 radical (unpaired) electrons. The molecule has 0 aromatic heterocycles. The Labute approximate surface area is 150 Å². The summed E-state index contributed by atoms with van der Waals surface area (Å²) in [5.41, 5.74) is 0. The number of aliphatic imine (C=N–C) groups is 1. The Bertz CT molecular complexity index is 339. The first-order valence-corrected chi connectivity index (χ1v) is 10.4. The Morgan fingerprint density at radius 2 is 1.58 bits per heavy atom. The molecule has 0 fully saturated rings. The lowest BCUT2D eigenvalue weighted by molar-refractivity contribution is 0.130. The molecule has 1 heterocycles. The number of rotatable bonds is 15. The molecule has 0 spiro atoms. The van der Waals surface area contributed by atoms with Gasteiger partial charge in [0.05, 0.1) is 25.0 Å². The van der Waals surface area contributed by atoms with Crippen molar-refractivity contribution in [1.82, 2.24) is 4.90 Å². The highest BCUT2D eigenvalue weighted by molar-refractivity contribution is 5.58. The highest BCUT2D eigenvalue weighted by atomic mass is 16.3. The van der Waals surface area contributed by atoms with Crippen molar-refractivity contribution in [1.29, 1.82) is 0 Å². The van der Waals surface area contributed by atoms with Crippen molar-refractivity contribution in [2.75, 3.05) is 13.1 Å². The van der Waals surface area contributed by atoms with Crippen LogP contribution in [0.2, 0.25) is 0 Å². The van der Waals surface area contributed by atoms with Gasteiger partial charge in [0.25, 0.3) is 0 Å². The van der Waals surface area contributed by atoms with Crippen LogP contribution in [0.4, 0.5) is 0 Å². The zero-order valence-electron chi connectivity index (χ0n) is 16.1. The predicted octanol–water partition coefficient (Wildman–Crippen LogP) is 5.34. The van der Waals surface area contributed by atoms with Crippen LogP contribution in [0.3, 0.4) is 0 Å². The molecule has 3 heteroatoms. The van der Waals surface area contributed by atoms with E-state index in [1.165, 1.54) is 70.6 Å². The van der Waals surface area contributed by atoms with E-state index in [2.05, 4.69) is 29.0 Å². The number of hydrogen-bond acceptors (Lipinski definition) is 3. The van der Waals surface area contributed by atoms with Crippen molar-refractivity contribution in [2.45, 2.75) is 103 Å². The highest BCUT2D eigenvalue weighted by Crippen LogP contribution is 2.13. The maximum absolute atomic E-state index is 9.91. The first-order valence-electron chi connectivity index (χ1n) is 10.4. The fourth-order valence-corrected chi connectivity index (χ4v) is 3.33. The summed E-state index contributed by atoms with van der Waals surface area (Å²) in [5, 5.41) is 9.91. The predicted molar refractivity (Wildman–Crippen MR) is 106 cm³/mol. The van der Waals surface area contributed by atoms with Crippen LogP contribution in [0.5, 0.6) is 0 Å². The van der Waals surface area contributed by atoms with Gasteiger partial charge in [-0.05, 0) is 19.8 Å². The van der Waals surface area contributed by atoms with Crippen LogP contribution in [-0.2, 0) is 0 Å². The van der Waals surface area contributed by atoms with Crippen molar-refractivity contribution in [3.8, 4) is 0 Å². The number of aliphatic hydroxyl groups excluding tert-OH is 1. The largest absolute Gasteiger partial charge is 0.391 e. The normalized spacial score (nSPS) is 17.0. The molecule has 0 bridgehead atoms. The Morgan fingerprint density at radius 3 is 2.08 bits per heavy atom. The Hall–Kier alpha value is -0.830. The van der Waals surface area contributed by atoms with Crippen LogP contribution in [0, 0.1) is 0 Å². The van der Waals surface area contributed by atoms with Gasteiger partial charge in [-0.2, -0.15) is 0 Å². The first-order chi connectivity index (χ1) is 11.8. The second-order valence-corrected chi connectivity index (χ2v) is 7.24. The van der Waals surface area contributed by atoms with E-state index in [-0.39, 0.29) is 12.1 Å². The molecule has 0 aromatic rings. The number of nitrogens with zero attached hydrogens (tertiary/aromatic N) is 2. The van der Waals surface area contributed by atoms with Crippen LogP contribution >= 0.6 is 0 Å². The lowest BCUT2D eigenvalue weighted by atomic mass is 10.0. The summed E-state index contributed by atoms with van der Waals surface area (Å²) in [4.78, 5) is 6.38. The van der Waals surface area contributed by atoms with Crippen LogP contribution < -0.4 is 0 Å². The van der Waals surface area contributed by atoms with E-state index in [9.17, 15) is 5.11 Å². The van der Waals surface area contributed by atoms with Gasteiger partial charge in [-0.15, -0.1) is 0 Å². The molecule has 3 nitrogen and oxygen atoms in total. The summed E-state index contributed by atoms with van der Waals surface area (Å²) < 4.78 is 0. The van der Waals surface area contributed by atoms with Gasteiger partial charge in [0.1, 0.15) is 0 Å². The third-order valence-electron chi connectivity index (χ3n) is 4.90. The molecule has 1 N–H and O–H groups in total. The first kappa shape index (κ1) is 21.2.